The highest BCUT2D eigenvalue weighted by Crippen LogP contribution is 2.43. The molecular weight excluding hydrogens is 541 g/mol. The molecule has 2 fully saturated rings. The Morgan fingerprint density at radius 2 is 1.64 bits per heavy atom. The number of halogens is 3. The van der Waals surface area contributed by atoms with E-state index in [1.165, 1.54) is 0 Å². The zero-order valence-electron chi connectivity index (χ0n) is 23.5. The molecule has 3 aromatic carbocycles. The number of ether oxygens (including phenoxy) is 1. The predicted octanol–water partition coefficient (Wildman–Crippen LogP) is 7.20. The molecule has 0 radical (unpaired) electrons. The van der Waals surface area contributed by atoms with Crippen molar-refractivity contribution in [3.63, 3.8) is 0 Å². The van der Waals surface area contributed by atoms with Crippen LogP contribution in [-0.4, -0.2) is 48.6 Å². The molecule has 0 atom stereocenters. The van der Waals surface area contributed by atoms with Gasteiger partial charge in [0.25, 0.3) is 0 Å². The van der Waals surface area contributed by atoms with E-state index >= 15 is 0 Å². The summed E-state index contributed by atoms with van der Waals surface area (Å²) in [7, 11) is 0. The highest BCUT2D eigenvalue weighted by molar-refractivity contribution is 6.00. The molecule has 0 saturated carbocycles. The number of fused-ring (bicyclic) bond motifs is 1. The van der Waals surface area contributed by atoms with E-state index in [0.29, 0.717) is 17.9 Å². The molecule has 1 aromatic heterocycles. The third-order valence-corrected chi connectivity index (χ3v) is 8.43. The Kier molecular flexibility index (Phi) is 7.53. The summed E-state index contributed by atoms with van der Waals surface area (Å²) in [4.78, 5) is 22.0. The average molecular weight is 575 g/mol. The number of likely N-dealkylation sites (tertiary alicyclic amines) is 1. The zero-order valence-corrected chi connectivity index (χ0v) is 23.5. The summed E-state index contributed by atoms with van der Waals surface area (Å²) in [6.07, 6.45) is -2.13. The summed E-state index contributed by atoms with van der Waals surface area (Å²) >= 11 is 0. The molecule has 6 nitrogen and oxygen atoms in total. The number of nitrogens with one attached hydrogen (secondary N) is 1. The predicted molar refractivity (Wildman–Crippen MR) is 158 cm³/mol. The lowest BCUT2D eigenvalue weighted by atomic mass is 9.77. The number of benzene rings is 3. The third kappa shape index (κ3) is 5.79. The van der Waals surface area contributed by atoms with Crippen molar-refractivity contribution in [2.24, 2.45) is 5.41 Å². The monoisotopic (exact) mass is 574 g/mol. The van der Waals surface area contributed by atoms with Crippen LogP contribution in [0.5, 0.6) is 5.75 Å². The minimum atomic E-state index is -4.52. The number of alkyl halides is 3. The Balaban J connectivity index is 1.10. The number of carbonyl (C=O) groups excluding carboxylic acids is 1. The van der Waals surface area contributed by atoms with Gasteiger partial charge >= 0.3 is 6.18 Å². The van der Waals surface area contributed by atoms with Crippen molar-refractivity contribution in [3.05, 3.63) is 90.1 Å². The van der Waals surface area contributed by atoms with Crippen molar-refractivity contribution >= 4 is 33.9 Å². The van der Waals surface area contributed by atoms with Crippen LogP contribution in [0.15, 0.2) is 78.9 Å². The number of aromatic nitrogens is 1. The summed E-state index contributed by atoms with van der Waals surface area (Å²) in [5, 5.41) is 3.98. The van der Waals surface area contributed by atoms with Gasteiger partial charge in [0, 0.05) is 47.3 Å². The molecule has 4 aromatic rings. The number of nitrogens with zero attached hydrogens (tertiary/aromatic N) is 3. The molecule has 1 N–H and O–H groups in total. The second-order valence-corrected chi connectivity index (χ2v) is 11.2. The van der Waals surface area contributed by atoms with Gasteiger partial charge in [-0.2, -0.15) is 13.2 Å². The number of carbonyl (C=O) groups is 1. The maximum Gasteiger partial charge on any atom is 0.416 e. The van der Waals surface area contributed by atoms with E-state index in [1.807, 2.05) is 72.5 Å². The van der Waals surface area contributed by atoms with Crippen LogP contribution in [0.3, 0.4) is 0 Å². The third-order valence-electron chi connectivity index (χ3n) is 8.43. The molecule has 2 saturated heterocycles. The van der Waals surface area contributed by atoms with Crippen molar-refractivity contribution in [1.29, 1.82) is 0 Å². The average Bonchev–Trinajstić information content (AvgIpc) is 3.29. The van der Waals surface area contributed by atoms with Crippen LogP contribution in [0.4, 0.5) is 30.2 Å². The summed E-state index contributed by atoms with van der Waals surface area (Å²) in [6.45, 7) is 4.90. The first-order valence-electron chi connectivity index (χ1n) is 14.3. The van der Waals surface area contributed by atoms with Gasteiger partial charge in [-0.15, -0.1) is 0 Å². The molecule has 9 heteroatoms. The van der Waals surface area contributed by atoms with Crippen LogP contribution in [-0.2, 0) is 11.0 Å². The van der Waals surface area contributed by atoms with Crippen molar-refractivity contribution < 1.29 is 22.7 Å². The Labute approximate surface area is 243 Å². The minimum Gasteiger partial charge on any atom is -0.492 e. The highest BCUT2D eigenvalue weighted by Gasteiger charge is 2.48. The molecule has 1 spiro atoms. The number of hydrogen-bond donors (Lipinski definition) is 1. The quantitative estimate of drug-likeness (QED) is 0.253. The van der Waals surface area contributed by atoms with Gasteiger partial charge in [-0.05, 0) is 75.7 Å². The summed E-state index contributed by atoms with van der Waals surface area (Å²) < 4.78 is 47.3. The van der Waals surface area contributed by atoms with Crippen LogP contribution in [0.1, 0.15) is 30.5 Å². The van der Waals surface area contributed by atoms with E-state index in [0.717, 1.165) is 73.3 Å². The lowest BCUT2D eigenvalue weighted by molar-refractivity contribution is -0.137. The maximum atomic E-state index is 13.8. The molecule has 0 unspecified atom stereocenters. The first kappa shape index (κ1) is 28.0. The molecule has 42 heavy (non-hydrogen) atoms. The fourth-order valence-corrected chi connectivity index (χ4v) is 6.12. The summed E-state index contributed by atoms with van der Waals surface area (Å²) in [6, 6.07) is 22.8. The molecular formula is C33H33F3N4O2. The Morgan fingerprint density at radius 1 is 0.929 bits per heavy atom. The van der Waals surface area contributed by atoms with E-state index < -0.39 is 11.7 Å². The van der Waals surface area contributed by atoms with Gasteiger partial charge in [-0.3, -0.25) is 14.7 Å². The summed E-state index contributed by atoms with van der Waals surface area (Å²) in [5.41, 5.74) is 2.33. The van der Waals surface area contributed by atoms with E-state index in [9.17, 15) is 18.0 Å². The fourth-order valence-electron chi connectivity index (χ4n) is 6.12. The number of aryl methyl sites for hydroxylation is 1. The number of amides is 1. The number of rotatable bonds is 7. The molecule has 3 heterocycles. The van der Waals surface area contributed by atoms with E-state index in [2.05, 4.69) is 15.2 Å². The Hall–Kier alpha value is -4.11. The highest BCUT2D eigenvalue weighted by atomic mass is 19.4. The van der Waals surface area contributed by atoms with Gasteiger partial charge in [-0.1, -0.05) is 36.4 Å². The standard InChI is InChI=1S/C33H33F3N4O2/c1-23-19-30(28-9-5-6-10-29(28)37-23)38-25-20-24(33(34,35)36)21-27(22-25)42-18-17-39-14-11-32(12-15-39)13-16-40(31(32)41)26-7-3-2-4-8-26/h2-10,19-22H,11-18H2,1H3,(H,37,38). The lowest BCUT2D eigenvalue weighted by Gasteiger charge is -2.37. The van der Waals surface area contributed by atoms with Crippen LogP contribution in [0, 0.1) is 12.3 Å². The molecule has 0 bridgehead atoms. The van der Waals surface area contributed by atoms with E-state index in [1.54, 1.807) is 6.07 Å². The van der Waals surface area contributed by atoms with Gasteiger partial charge in [0.1, 0.15) is 12.4 Å². The van der Waals surface area contributed by atoms with Crippen LogP contribution < -0.4 is 15.0 Å². The van der Waals surface area contributed by atoms with Gasteiger partial charge in [0.2, 0.25) is 5.91 Å². The molecule has 6 rings (SSSR count). The first-order chi connectivity index (χ1) is 20.2. The van der Waals surface area contributed by atoms with Crippen molar-refractivity contribution in [2.45, 2.75) is 32.4 Å². The fraction of sp³-hybridized carbons (Fsp3) is 0.333. The van der Waals surface area contributed by atoms with Crippen molar-refractivity contribution in [3.8, 4) is 5.75 Å². The molecule has 1 amide bonds. The topological polar surface area (TPSA) is 57.7 Å². The van der Waals surface area contributed by atoms with Gasteiger partial charge in [-0.25, -0.2) is 0 Å². The smallest absolute Gasteiger partial charge is 0.416 e. The molecule has 2 aliphatic rings. The largest absolute Gasteiger partial charge is 0.492 e. The van der Waals surface area contributed by atoms with Gasteiger partial charge in [0.15, 0.2) is 0 Å². The minimum absolute atomic E-state index is 0.153. The van der Waals surface area contributed by atoms with Crippen LogP contribution in [0.25, 0.3) is 10.9 Å². The molecule has 2 aliphatic heterocycles. The van der Waals surface area contributed by atoms with Crippen LogP contribution in [0.2, 0.25) is 0 Å². The second kappa shape index (κ2) is 11.3. The number of pyridine rings is 1. The van der Waals surface area contributed by atoms with Gasteiger partial charge in [0.05, 0.1) is 16.5 Å². The Bertz CT molecular complexity index is 1580. The first-order valence-corrected chi connectivity index (χ1v) is 14.3. The maximum absolute atomic E-state index is 13.8. The summed E-state index contributed by atoms with van der Waals surface area (Å²) in [5.74, 6) is 0.353. The van der Waals surface area contributed by atoms with Crippen LogP contribution >= 0.6 is 0 Å². The second-order valence-electron chi connectivity index (χ2n) is 11.2. The molecule has 218 valence electrons. The zero-order chi connectivity index (χ0) is 29.3. The van der Waals surface area contributed by atoms with Gasteiger partial charge < -0.3 is 15.0 Å². The SMILES string of the molecule is Cc1cc(Nc2cc(OCCN3CCC4(CC3)CCN(c3ccccc3)C4=O)cc(C(F)(F)F)c2)c2ccccc2n1. The number of para-hydroxylation sites is 2. The van der Waals surface area contributed by atoms with Crippen molar-refractivity contribution in [1.82, 2.24) is 9.88 Å². The van der Waals surface area contributed by atoms with E-state index in [4.69, 9.17) is 4.74 Å². The lowest BCUT2D eigenvalue weighted by Crippen LogP contribution is -2.45. The molecule has 0 aliphatic carbocycles. The number of anilines is 3. The van der Waals surface area contributed by atoms with Crippen molar-refractivity contribution in [2.75, 3.05) is 43.0 Å². The normalized spacial score (nSPS) is 17.2. The van der Waals surface area contributed by atoms with E-state index in [-0.39, 0.29) is 23.7 Å². The Morgan fingerprint density at radius 3 is 2.40 bits per heavy atom. The number of hydrogen-bond acceptors (Lipinski definition) is 5. The number of piperidine rings is 1.